The summed E-state index contributed by atoms with van der Waals surface area (Å²) < 4.78 is 5.18. The van der Waals surface area contributed by atoms with E-state index in [1.807, 2.05) is 6.07 Å². The van der Waals surface area contributed by atoms with Crippen LogP contribution in [0.2, 0.25) is 0 Å². The first-order valence-electron chi connectivity index (χ1n) is 8.99. The Morgan fingerprint density at radius 3 is 2.60 bits per heavy atom. The van der Waals surface area contributed by atoms with E-state index < -0.39 is 29.8 Å². The monoisotopic (exact) mass is 403 g/mol. The first kappa shape index (κ1) is 20.5. The van der Waals surface area contributed by atoms with E-state index in [9.17, 15) is 19.2 Å². The number of nitriles is 1. The lowest BCUT2D eigenvalue weighted by molar-refractivity contribution is -0.123. The predicted molar refractivity (Wildman–Crippen MR) is 107 cm³/mol. The highest BCUT2D eigenvalue weighted by Gasteiger charge is 2.35. The average molecular weight is 403 g/mol. The normalized spacial score (nSPS) is 13.3. The fraction of sp³-hybridized carbons (Fsp3) is 0.136. The molecule has 2 aromatic rings. The Bertz CT molecular complexity index is 1120. The first-order chi connectivity index (χ1) is 14.4. The fourth-order valence-electron chi connectivity index (χ4n) is 2.92. The molecule has 8 heteroatoms. The largest absolute Gasteiger partial charge is 0.449 e. The zero-order valence-electron chi connectivity index (χ0n) is 16.0. The van der Waals surface area contributed by atoms with Gasteiger partial charge in [-0.1, -0.05) is 18.2 Å². The molecule has 1 heterocycles. The predicted octanol–water partition coefficient (Wildman–Crippen LogP) is 2.52. The molecule has 1 aliphatic rings. The summed E-state index contributed by atoms with van der Waals surface area (Å²) in [6.45, 7) is 4.96. The molecule has 2 aromatic carbocycles. The van der Waals surface area contributed by atoms with Gasteiger partial charge in [0.25, 0.3) is 17.7 Å². The summed E-state index contributed by atoms with van der Waals surface area (Å²) >= 11 is 0. The molecule has 0 spiro atoms. The maximum Gasteiger partial charge on any atom is 0.338 e. The van der Waals surface area contributed by atoms with Gasteiger partial charge < -0.3 is 10.1 Å². The van der Waals surface area contributed by atoms with E-state index in [2.05, 4.69) is 11.9 Å². The molecule has 0 fully saturated rings. The molecular formula is C22H17N3O5. The number of rotatable bonds is 6. The summed E-state index contributed by atoms with van der Waals surface area (Å²) in [6.07, 6.45) is 0.272. The maximum absolute atomic E-state index is 12.4. The molecule has 0 aliphatic carbocycles. The highest BCUT2D eigenvalue weighted by atomic mass is 16.5. The number of hydrogen-bond acceptors (Lipinski definition) is 6. The van der Waals surface area contributed by atoms with Crippen LogP contribution in [0.5, 0.6) is 0 Å². The van der Waals surface area contributed by atoms with Crippen LogP contribution >= 0.6 is 0 Å². The lowest BCUT2D eigenvalue weighted by Crippen LogP contribution is -2.30. The number of nitrogens with one attached hydrogen (secondary N) is 1. The van der Waals surface area contributed by atoms with Crippen molar-refractivity contribution in [3.63, 3.8) is 0 Å². The number of anilines is 1. The zero-order valence-corrected chi connectivity index (χ0v) is 16.0. The van der Waals surface area contributed by atoms with Crippen LogP contribution in [-0.2, 0) is 9.53 Å². The standard InChI is InChI=1S/C22H17N3O5/c1-3-10-25-20(27)16-9-8-14(11-17(16)21(25)28)22(29)30-13(2)19(26)24-18-7-5-4-6-15(18)12-23/h3-9,11,13H,1,10H2,2H3,(H,24,26)/t13-/m1/s1. The van der Waals surface area contributed by atoms with Crippen LogP contribution in [-0.4, -0.2) is 41.2 Å². The average Bonchev–Trinajstić information content (AvgIpc) is 2.98. The Kier molecular flexibility index (Phi) is 5.74. The van der Waals surface area contributed by atoms with Crippen LogP contribution < -0.4 is 5.32 Å². The van der Waals surface area contributed by atoms with Gasteiger partial charge in [0.05, 0.1) is 27.9 Å². The van der Waals surface area contributed by atoms with Gasteiger partial charge >= 0.3 is 5.97 Å². The van der Waals surface area contributed by atoms with Gasteiger partial charge in [-0.2, -0.15) is 5.26 Å². The fourth-order valence-corrected chi connectivity index (χ4v) is 2.92. The minimum Gasteiger partial charge on any atom is -0.449 e. The molecule has 1 aliphatic heterocycles. The molecule has 0 saturated heterocycles. The molecule has 1 atom stereocenters. The summed E-state index contributed by atoms with van der Waals surface area (Å²) in [4.78, 5) is 50.4. The second kappa shape index (κ2) is 8.41. The van der Waals surface area contributed by atoms with Gasteiger partial charge in [0, 0.05) is 6.54 Å². The third kappa shape index (κ3) is 3.82. The van der Waals surface area contributed by atoms with Gasteiger partial charge in [0.15, 0.2) is 6.10 Å². The van der Waals surface area contributed by atoms with E-state index in [-0.39, 0.29) is 28.8 Å². The summed E-state index contributed by atoms with van der Waals surface area (Å²) in [5, 5.41) is 11.6. The summed E-state index contributed by atoms with van der Waals surface area (Å²) in [7, 11) is 0. The quantitative estimate of drug-likeness (QED) is 0.450. The van der Waals surface area contributed by atoms with Crippen LogP contribution in [0.4, 0.5) is 5.69 Å². The van der Waals surface area contributed by atoms with Gasteiger partial charge in [-0.05, 0) is 37.3 Å². The van der Waals surface area contributed by atoms with Gasteiger partial charge in [0.1, 0.15) is 6.07 Å². The first-order valence-corrected chi connectivity index (χ1v) is 8.99. The van der Waals surface area contributed by atoms with E-state index >= 15 is 0 Å². The number of benzene rings is 2. The van der Waals surface area contributed by atoms with Gasteiger partial charge in [-0.25, -0.2) is 4.79 Å². The van der Waals surface area contributed by atoms with Gasteiger partial charge in [0.2, 0.25) is 0 Å². The molecule has 3 rings (SSSR count). The Morgan fingerprint density at radius 2 is 1.90 bits per heavy atom. The molecule has 0 saturated carbocycles. The van der Waals surface area contributed by atoms with Crippen molar-refractivity contribution in [1.82, 2.24) is 4.90 Å². The van der Waals surface area contributed by atoms with Crippen molar-refractivity contribution in [2.45, 2.75) is 13.0 Å². The van der Waals surface area contributed by atoms with Gasteiger partial charge in [-0.15, -0.1) is 6.58 Å². The lowest BCUT2D eigenvalue weighted by atomic mass is 10.1. The number of carbonyl (C=O) groups is 4. The molecular weight excluding hydrogens is 386 g/mol. The third-order valence-electron chi connectivity index (χ3n) is 4.48. The maximum atomic E-state index is 12.4. The summed E-state index contributed by atoms with van der Waals surface area (Å²) in [5.41, 5.74) is 0.896. The minimum absolute atomic E-state index is 0.0347. The SMILES string of the molecule is C=CCN1C(=O)c2ccc(C(=O)O[C@H](C)C(=O)Nc3ccccc3C#N)cc2C1=O. The number of carbonyl (C=O) groups excluding carboxylic acids is 4. The van der Waals surface area contributed by atoms with E-state index in [0.29, 0.717) is 5.69 Å². The molecule has 3 amide bonds. The minimum atomic E-state index is -1.16. The highest BCUT2D eigenvalue weighted by Crippen LogP contribution is 2.24. The number of esters is 1. The van der Waals surface area contributed by atoms with E-state index in [1.54, 1.807) is 24.3 Å². The molecule has 0 unspecified atom stereocenters. The topological polar surface area (TPSA) is 117 Å². The van der Waals surface area contributed by atoms with Crippen molar-refractivity contribution < 1.29 is 23.9 Å². The molecule has 1 N–H and O–H groups in total. The molecule has 30 heavy (non-hydrogen) atoms. The van der Waals surface area contributed by atoms with Crippen molar-refractivity contribution in [3.05, 3.63) is 77.4 Å². The molecule has 0 radical (unpaired) electrons. The number of ether oxygens (including phenoxy) is 1. The van der Waals surface area contributed by atoms with Gasteiger partial charge in [-0.3, -0.25) is 19.3 Å². The number of amides is 3. The van der Waals surface area contributed by atoms with Crippen molar-refractivity contribution in [3.8, 4) is 6.07 Å². The smallest absolute Gasteiger partial charge is 0.338 e. The summed E-state index contributed by atoms with van der Waals surface area (Å²) in [6, 6.07) is 12.4. The number of imide groups is 1. The molecule has 0 bridgehead atoms. The third-order valence-corrected chi connectivity index (χ3v) is 4.48. The molecule has 8 nitrogen and oxygen atoms in total. The number of hydrogen-bond donors (Lipinski definition) is 1. The van der Waals surface area contributed by atoms with E-state index in [0.717, 1.165) is 4.90 Å². The van der Waals surface area contributed by atoms with Crippen molar-refractivity contribution in [1.29, 1.82) is 5.26 Å². The summed E-state index contributed by atoms with van der Waals surface area (Å²) in [5.74, 6) is -2.42. The number of nitrogens with zero attached hydrogens (tertiary/aromatic N) is 2. The Labute approximate surface area is 172 Å². The van der Waals surface area contributed by atoms with Crippen LogP contribution in [0.25, 0.3) is 0 Å². The van der Waals surface area contributed by atoms with E-state index in [4.69, 9.17) is 10.00 Å². The number of para-hydroxylation sites is 1. The number of fused-ring (bicyclic) bond motifs is 1. The highest BCUT2D eigenvalue weighted by molar-refractivity contribution is 6.22. The van der Waals surface area contributed by atoms with Crippen LogP contribution in [0.1, 0.15) is 43.6 Å². The second-order valence-electron chi connectivity index (χ2n) is 6.46. The van der Waals surface area contributed by atoms with Crippen molar-refractivity contribution in [2.75, 3.05) is 11.9 Å². The van der Waals surface area contributed by atoms with Crippen LogP contribution in [0.3, 0.4) is 0 Å². The van der Waals surface area contributed by atoms with Crippen LogP contribution in [0.15, 0.2) is 55.1 Å². The Morgan fingerprint density at radius 1 is 1.20 bits per heavy atom. The van der Waals surface area contributed by atoms with Crippen LogP contribution in [0, 0.1) is 11.3 Å². The Hall–Kier alpha value is -4.25. The lowest BCUT2D eigenvalue weighted by Gasteiger charge is -2.14. The van der Waals surface area contributed by atoms with Crippen molar-refractivity contribution in [2.24, 2.45) is 0 Å². The zero-order chi connectivity index (χ0) is 21.8. The Balaban J connectivity index is 1.72. The molecule has 150 valence electrons. The molecule has 0 aromatic heterocycles. The van der Waals surface area contributed by atoms with E-state index in [1.165, 1.54) is 31.2 Å². The van der Waals surface area contributed by atoms with Crippen molar-refractivity contribution >= 4 is 29.4 Å². The second-order valence-corrected chi connectivity index (χ2v) is 6.46.